The molecule has 0 saturated carbocycles. The van der Waals surface area contributed by atoms with Gasteiger partial charge in [-0.1, -0.05) is 18.2 Å². The number of epoxide rings is 1. The van der Waals surface area contributed by atoms with E-state index >= 15 is 0 Å². The van der Waals surface area contributed by atoms with Crippen molar-refractivity contribution in [3.8, 4) is 0 Å². The van der Waals surface area contributed by atoms with E-state index in [0.29, 0.717) is 17.7 Å². The van der Waals surface area contributed by atoms with Gasteiger partial charge in [-0.25, -0.2) is 4.39 Å². The van der Waals surface area contributed by atoms with Crippen molar-refractivity contribution in [2.75, 3.05) is 6.61 Å². The summed E-state index contributed by atoms with van der Waals surface area (Å²) in [6.45, 7) is 3.47. The Balaban J connectivity index is 2.05. The summed E-state index contributed by atoms with van der Waals surface area (Å²) >= 11 is 0. The molecule has 0 aromatic heterocycles. The lowest BCUT2D eigenvalue weighted by atomic mass is 10.0. The zero-order valence-corrected chi connectivity index (χ0v) is 11.5. The Morgan fingerprint density at radius 1 is 1.40 bits per heavy atom. The van der Waals surface area contributed by atoms with Crippen molar-refractivity contribution >= 4 is 11.8 Å². The van der Waals surface area contributed by atoms with Gasteiger partial charge in [0, 0.05) is 12.0 Å². The van der Waals surface area contributed by atoms with Gasteiger partial charge in [0.2, 0.25) is 0 Å². The second kappa shape index (κ2) is 6.13. The average Bonchev–Trinajstić information content (AvgIpc) is 3.18. The lowest BCUT2D eigenvalue weighted by Crippen LogP contribution is -2.07. The summed E-state index contributed by atoms with van der Waals surface area (Å²) in [6, 6.07) is 4.94. The minimum Gasteiger partial charge on any atom is -0.466 e. The number of hydrogen-bond acceptors (Lipinski definition) is 4. The molecule has 0 spiro atoms. The molecule has 1 aromatic carbocycles. The summed E-state index contributed by atoms with van der Waals surface area (Å²) in [6.07, 6.45) is -0.619. The van der Waals surface area contributed by atoms with Gasteiger partial charge in [-0.3, -0.25) is 9.59 Å². The molecule has 1 heterocycles. The number of halogens is 1. The molecule has 0 bridgehead atoms. The van der Waals surface area contributed by atoms with Crippen molar-refractivity contribution in [2.24, 2.45) is 0 Å². The first kappa shape index (κ1) is 14.7. The fourth-order valence-electron chi connectivity index (χ4n) is 2.14. The van der Waals surface area contributed by atoms with Gasteiger partial charge < -0.3 is 9.47 Å². The Kier molecular flexibility index (Phi) is 4.49. The van der Waals surface area contributed by atoms with E-state index in [1.807, 2.05) is 0 Å². The first-order valence-electron chi connectivity index (χ1n) is 6.63. The highest BCUT2D eigenvalue weighted by Gasteiger charge is 2.45. The fraction of sp³-hybridized carbons (Fsp3) is 0.467. The van der Waals surface area contributed by atoms with E-state index in [1.54, 1.807) is 25.1 Å². The molecule has 1 fully saturated rings. The maximum absolute atomic E-state index is 14.3. The van der Waals surface area contributed by atoms with Crippen LogP contribution < -0.4 is 0 Å². The molecule has 0 radical (unpaired) electrons. The van der Waals surface area contributed by atoms with E-state index in [1.165, 1.54) is 6.92 Å². The van der Waals surface area contributed by atoms with Crippen LogP contribution in [0, 0.1) is 5.82 Å². The van der Waals surface area contributed by atoms with Crippen LogP contribution in [0.4, 0.5) is 4.39 Å². The molecule has 1 aliphatic heterocycles. The third-order valence-corrected chi connectivity index (χ3v) is 3.21. The van der Waals surface area contributed by atoms with Gasteiger partial charge in [-0.2, -0.15) is 0 Å². The standard InChI is InChI=1S/C15H17FO4/c1-3-19-12(18)8-7-10-5-4-6-11(13(10)16)15-14(20-15)9(2)17/h4-6,14-15H,3,7-8H2,1-2H3. The predicted octanol–water partition coefficient (Wildman–Crippen LogP) is 2.35. The maximum Gasteiger partial charge on any atom is 0.306 e. The molecule has 1 aromatic rings. The Morgan fingerprint density at radius 3 is 2.75 bits per heavy atom. The molecule has 1 saturated heterocycles. The number of hydrogen-bond donors (Lipinski definition) is 0. The second-order valence-electron chi connectivity index (χ2n) is 4.71. The van der Waals surface area contributed by atoms with E-state index in [2.05, 4.69) is 0 Å². The first-order valence-corrected chi connectivity index (χ1v) is 6.63. The molecule has 2 unspecified atom stereocenters. The summed E-state index contributed by atoms with van der Waals surface area (Å²) < 4.78 is 24.3. The van der Waals surface area contributed by atoms with E-state index in [-0.39, 0.29) is 24.6 Å². The number of carbonyl (C=O) groups excluding carboxylic acids is 2. The van der Waals surface area contributed by atoms with Gasteiger partial charge in [-0.05, 0) is 25.8 Å². The highest BCUT2D eigenvalue weighted by atomic mass is 19.1. The van der Waals surface area contributed by atoms with Gasteiger partial charge in [0.25, 0.3) is 0 Å². The summed E-state index contributed by atoms with van der Waals surface area (Å²) in [4.78, 5) is 22.5. The van der Waals surface area contributed by atoms with E-state index < -0.39 is 18.0 Å². The molecular formula is C15H17FO4. The third-order valence-electron chi connectivity index (χ3n) is 3.21. The number of ketones is 1. The van der Waals surface area contributed by atoms with Crippen molar-refractivity contribution in [2.45, 2.75) is 38.9 Å². The van der Waals surface area contributed by atoms with Crippen LogP contribution in [-0.4, -0.2) is 24.5 Å². The smallest absolute Gasteiger partial charge is 0.306 e. The predicted molar refractivity (Wildman–Crippen MR) is 69.6 cm³/mol. The highest BCUT2D eigenvalue weighted by molar-refractivity contribution is 5.83. The molecule has 108 valence electrons. The number of aryl methyl sites for hydroxylation is 1. The topological polar surface area (TPSA) is 55.9 Å². The largest absolute Gasteiger partial charge is 0.466 e. The molecular weight excluding hydrogens is 263 g/mol. The van der Waals surface area contributed by atoms with Crippen molar-refractivity contribution in [1.82, 2.24) is 0 Å². The zero-order valence-electron chi connectivity index (χ0n) is 11.5. The lowest BCUT2D eigenvalue weighted by molar-refractivity contribution is -0.143. The first-order chi connectivity index (χ1) is 9.54. The number of benzene rings is 1. The number of rotatable bonds is 6. The SMILES string of the molecule is CCOC(=O)CCc1cccc(C2OC2C(C)=O)c1F. The van der Waals surface area contributed by atoms with Crippen LogP contribution in [0.5, 0.6) is 0 Å². The van der Waals surface area contributed by atoms with Crippen molar-refractivity contribution in [1.29, 1.82) is 0 Å². The van der Waals surface area contributed by atoms with Crippen molar-refractivity contribution in [3.05, 3.63) is 35.1 Å². The summed E-state index contributed by atoms with van der Waals surface area (Å²) in [5.74, 6) is -0.849. The second-order valence-corrected chi connectivity index (χ2v) is 4.71. The number of ether oxygens (including phenoxy) is 2. The molecule has 2 rings (SSSR count). The van der Waals surface area contributed by atoms with Crippen LogP contribution in [0.15, 0.2) is 18.2 Å². The molecule has 1 aliphatic rings. The maximum atomic E-state index is 14.3. The van der Waals surface area contributed by atoms with E-state index in [4.69, 9.17) is 9.47 Å². The van der Waals surface area contributed by atoms with Crippen LogP contribution in [-0.2, 0) is 25.5 Å². The van der Waals surface area contributed by atoms with Crippen molar-refractivity contribution in [3.63, 3.8) is 0 Å². The van der Waals surface area contributed by atoms with E-state index in [9.17, 15) is 14.0 Å². The lowest BCUT2D eigenvalue weighted by Gasteiger charge is -2.06. The Labute approximate surface area is 116 Å². The molecule has 0 amide bonds. The van der Waals surface area contributed by atoms with Crippen LogP contribution in [0.25, 0.3) is 0 Å². The van der Waals surface area contributed by atoms with Crippen LogP contribution in [0.2, 0.25) is 0 Å². The molecule has 4 nitrogen and oxygen atoms in total. The van der Waals surface area contributed by atoms with Gasteiger partial charge in [-0.15, -0.1) is 0 Å². The van der Waals surface area contributed by atoms with Gasteiger partial charge in [0.1, 0.15) is 18.0 Å². The van der Waals surface area contributed by atoms with Gasteiger partial charge >= 0.3 is 5.97 Å². The molecule has 20 heavy (non-hydrogen) atoms. The number of esters is 1. The summed E-state index contributed by atoms with van der Waals surface area (Å²) in [5, 5.41) is 0. The van der Waals surface area contributed by atoms with Crippen LogP contribution >= 0.6 is 0 Å². The summed E-state index contributed by atoms with van der Waals surface area (Å²) in [5.41, 5.74) is 0.819. The third kappa shape index (κ3) is 3.22. The van der Waals surface area contributed by atoms with Crippen molar-refractivity contribution < 1.29 is 23.5 Å². The Morgan fingerprint density at radius 2 is 2.15 bits per heavy atom. The van der Waals surface area contributed by atoms with Gasteiger partial charge in [0.15, 0.2) is 5.78 Å². The highest BCUT2D eigenvalue weighted by Crippen LogP contribution is 2.40. The van der Waals surface area contributed by atoms with Crippen LogP contribution in [0.3, 0.4) is 0 Å². The summed E-state index contributed by atoms with van der Waals surface area (Å²) in [7, 11) is 0. The minimum absolute atomic E-state index is 0.105. The average molecular weight is 280 g/mol. The quantitative estimate of drug-likeness (QED) is 0.593. The Hall–Kier alpha value is -1.75. The number of carbonyl (C=O) groups is 2. The van der Waals surface area contributed by atoms with Crippen LogP contribution in [0.1, 0.15) is 37.5 Å². The zero-order chi connectivity index (χ0) is 14.7. The van der Waals surface area contributed by atoms with Gasteiger partial charge in [0.05, 0.1) is 6.61 Å². The molecule has 0 N–H and O–H groups in total. The minimum atomic E-state index is -0.537. The fourth-order valence-corrected chi connectivity index (χ4v) is 2.14. The number of Topliss-reactive ketones (excluding diaryl/α,β-unsaturated/α-hetero) is 1. The monoisotopic (exact) mass is 280 g/mol. The molecule has 2 atom stereocenters. The molecule has 0 aliphatic carbocycles. The normalized spacial score (nSPS) is 20.6. The molecule has 5 heteroatoms. The Bertz CT molecular complexity index is 527. The van der Waals surface area contributed by atoms with E-state index in [0.717, 1.165) is 0 Å².